The molecule has 0 saturated heterocycles. The number of aliphatic carboxylic acids is 1. The highest BCUT2D eigenvalue weighted by molar-refractivity contribution is 5.79. The van der Waals surface area contributed by atoms with E-state index in [1.165, 1.54) is 11.1 Å². The van der Waals surface area contributed by atoms with Crippen LogP contribution in [0.15, 0.2) is 48.5 Å². The molecule has 0 aliphatic heterocycles. The molecule has 0 aromatic heterocycles. The van der Waals surface area contributed by atoms with Crippen molar-refractivity contribution in [1.82, 2.24) is 5.32 Å². The van der Waals surface area contributed by atoms with E-state index in [1.54, 1.807) is 0 Å². The molecule has 0 heterocycles. The summed E-state index contributed by atoms with van der Waals surface area (Å²) >= 11 is 0. The number of rotatable bonds is 5. The maximum absolute atomic E-state index is 12.9. The zero-order valence-corrected chi connectivity index (χ0v) is 18.1. The maximum atomic E-state index is 12.9. The van der Waals surface area contributed by atoms with Crippen LogP contribution in [0.4, 0.5) is 4.79 Å². The van der Waals surface area contributed by atoms with Crippen molar-refractivity contribution < 1.29 is 19.4 Å². The molecular formula is C26H29NO4. The minimum Gasteiger partial charge on any atom is -0.481 e. The van der Waals surface area contributed by atoms with Crippen molar-refractivity contribution in [3.8, 4) is 11.1 Å². The normalized spacial score (nSPS) is 27.5. The van der Waals surface area contributed by atoms with Crippen LogP contribution >= 0.6 is 0 Å². The van der Waals surface area contributed by atoms with E-state index < -0.39 is 17.6 Å². The monoisotopic (exact) mass is 419 g/mol. The molecule has 4 aliphatic rings. The number of fused-ring (bicyclic) bond motifs is 5. The van der Waals surface area contributed by atoms with Crippen LogP contribution < -0.4 is 5.32 Å². The van der Waals surface area contributed by atoms with E-state index in [-0.39, 0.29) is 30.3 Å². The topological polar surface area (TPSA) is 75.6 Å². The van der Waals surface area contributed by atoms with E-state index in [1.807, 2.05) is 24.3 Å². The van der Waals surface area contributed by atoms with Crippen molar-refractivity contribution in [2.45, 2.75) is 51.0 Å². The van der Waals surface area contributed by atoms with Crippen LogP contribution in [-0.2, 0) is 9.53 Å². The fourth-order valence-corrected chi connectivity index (χ4v) is 6.56. The first-order valence-corrected chi connectivity index (χ1v) is 11.2. The molecule has 3 saturated carbocycles. The summed E-state index contributed by atoms with van der Waals surface area (Å²) in [6.07, 6.45) is 2.05. The molecule has 5 heteroatoms. The van der Waals surface area contributed by atoms with Crippen molar-refractivity contribution in [2.24, 2.45) is 17.3 Å². The van der Waals surface area contributed by atoms with Gasteiger partial charge in [-0.1, -0.05) is 62.4 Å². The SMILES string of the molecule is CC1(C)C2CCC(CC(=O)O)(NC(=O)OCC3c4ccccc4-c4ccccc43)C1C2. The molecule has 0 spiro atoms. The standard InChI is InChI=1S/C26H29NO4/c1-25(2)16-11-12-26(14-23(28)29,22(25)13-16)27-24(30)31-15-21-19-9-5-3-7-17(19)18-8-4-6-10-20(18)21/h3-10,16,21-22H,11-15H2,1-2H3,(H,27,30)(H,28,29). The van der Waals surface area contributed by atoms with Crippen LogP contribution in [0, 0.1) is 17.3 Å². The van der Waals surface area contributed by atoms with Gasteiger partial charge in [-0.2, -0.15) is 0 Å². The predicted molar refractivity (Wildman–Crippen MR) is 118 cm³/mol. The van der Waals surface area contributed by atoms with Gasteiger partial charge in [0.05, 0.1) is 12.0 Å². The third-order valence-electron chi connectivity index (χ3n) is 8.24. The van der Waals surface area contributed by atoms with Crippen molar-refractivity contribution in [1.29, 1.82) is 0 Å². The van der Waals surface area contributed by atoms with Crippen LogP contribution in [-0.4, -0.2) is 29.3 Å². The number of nitrogens with one attached hydrogen (secondary N) is 1. The number of ether oxygens (including phenoxy) is 1. The third kappa shape index (κ3) is 3.13. The van der Waals surface area contributed by atoms with E-state index in [0.29, 0.717) is 12.3 Å². The summed E-state index contributed by atoms with van der Waals surface area (Å²) in [4.78, 5) is 24.6. The molecule has 31 heavy (non-hydrogen) atoms. The first-order valence-electron chi connectivity index (χ1n) is 11.2. The average molecular weight is 420 g/mol. The molecule has 3 unspecified atom stereocenters. The maximum Gasteiger partial charge on any atom is 0.407 e. The summed E-state index contributed by atoms with van der Waals surface area (Å²) in [5.74, 6) is -0.108. The third-order valence-corrected chi connectivity index (χ3v) is 8.24. The fourth-order valence-electron chi connectivity index (χ4n) is 6.56. The van der Waals surface area contributed by atoms with Gasteiger partial charge in [-0.05, 0) is 58.8 Å². The lowest BCUT2D eigenvalue weighted by atomic mass is 9.42. The number of hydrogen-bond acceptors (Lipinski definition) is 3. The molecule has 0 radical (unpaired) electrons. The number of carbonyl (C=O) groups excluding carboxylic acids is 1. The fraction of sp³-hybridized carbons (Fsp3) is 0.462. The Kier molecular flexibility index (Phi) is 4.61. The molecular weight excluding hydrogens is 390 g/mol. The number of carboxylic acid groups (broad SMARTS) is 1. The molecule has 4 aliphatic carbocycles. The van der Waals surface area contributed by atoms with Crippen molar-refractivity contribution >= 4 is 12.1 Å². The molecule has 162 valence electrons. The van der Waals surface area contributed by atoms with E-state index in [2.05, 4.69) is 43.4 Å². The zero-order chi connectivity index (χ0) is 21.8. The summed E-state index contributed by atoms with van der Waals surface area (Å²) in [7, 11) is 0. The Balaban J connectivity index is 1.33. The van der Waals surface area contributed by atoms with Gasteiger partial charge in [-0.15, -0.1) is 0 Å². The number of amides is 1. The van der Waals surface area contributed by atoms with E-state index in [0.717, 1.165) is 24.0 Å². The van der Waals surface area contributed by atoms with Crippen LogP contribution in [0.5, 0.6) is 0 Å². The minimum atomic E-state index is -0.875. The highest BCUT2D eigenvalue weighted by atomic mass is 16.5. The van der Waals surface area contributed by atoms with E-state index >= 15 is 0 Å². The zero-order valence-electron chi connectivity index (χ0n) is 18.1. The first kappa shape index (κ1) is 20.1. The van der Waals surface area contributed by atoms with Gasteiger partial charge >= 0.3 is 12.1 Å². The van der Waals surface area contributed by atoms with Gasteiger partial charge in [-0.3, -0.25) is 4.79 Å². The largest absolute Gasteiger partial charge is 0.481 e. The molecule has 2 aromatic rings. The summed E-state index contributed by atoms with van der Waals surface area (Å²) in [5.41, 5.74) is 4.01. The van der Waals surface area contributed by atoms with Gasteiger partial charge in [0.15, 0.2) is 0 Å². The van der Waals surface area contributed by atoms with Gasteiger partial charge in [0.2, 0.25) is 0 Å². The number of benzene rings is 2. The molecule has 2 N–H and O–H groups in total. The minimum absolute atomic E-state index is 0.00977. The second-order valence-corrected chi connectivity index (χ2v) is 10.0. The van der Waals surface area contributed by atoms with Crippen molar-refractivity contribution in [2.75, 3.05) is 6.61 Å². The summed E-state index contributed by atoms with van der Waals surface area (Å²) in [6, 6.07) is 16.5. The molecule has 3 atom stereocenters. The van der Waals surface area contributed by atoms with Gasteiger partial charge in [0.25, 0.3) is 0 Å². The Hall–Kier alpha value is -2.82. The Bertz CT molecular complexity index is 998. The quantitative estimate of drug-likeness (QED) is 0.699. The van der Waals surface area contributed by atoms with Crippen LogP contribution in [0.2, 0.25) is 0 Å². The van der Waals surface area contributed by atoms with Gasteiger partial charge in [0.1, 0.15) is 6.61 Å². The van der Waals surface area contributed by atoms with E-state index in [4.69, 9.17) is 4.74 Å². The molecule has 2 bridgehead atoms. The van der Waals surface area contributed by atoms with Crippen LogP contribution in [0.3, 0.4) is 0 Å². The number of alkyl carbamates (subject to hydrolysis) is 1. The van der Waals surface area contributed by atoms with Crippen molar-refractivity contribution in [3.63, 3.8) is 0 Å². The number of hydrogen-bond donors (Lipinski definition) is 2. The Morgan fingerprint density at radius 3 is 2.23 bits per heavy atom. The van der Waals surface area contributed by atoms with Crippen LogP contribution in [0.1, 0.15) is 56.6 Å². The van der Waals surface area contributed by atoms with Gasteiger partial charge in [0, 0.05) is 5.92 Å². The average Bonchev–Trinajstić information content (AvgIpc) is 3.05. The van der Waals surface area contributed by atoms with Gasteiger partial charge < -0.3 is 15.2 Å². The smallest absolute Gasteiger partial charge is 0.407 e. The molecule has 3 fully saturated rings. The van der Waals surface area contributed by atoms with Gasteiger partial charge in [-0.25, -0.2) is 4.79 Å². The molecule has 6 rings (SSSR count). The summed E-state index contributed by atoms with van der Waals surface area (Å²) in [6.45, 7) is 4.63. The second kappa shape index (κ2) is 7.11. The van der Waals surface area contributed by atoms with Crippen LogP contribution in [0.25, 0.3) is 11.1 Å². The molecule has 2 aromatic carbocycles. The predicted octanol–water partition coefficient (Wildman–Crippen LogP) is 5.19. The Morgan fingerprint density at radius 1 is 1.06 bits per heavy atom. The lowest BCUT2D eigenvalue weighted by Crippen LogP contribution is -2.68. The number of carbonyl (C=O) groups is 2. The Labute approximate surface area is 182 Å². The highest BCUT2D eigenvalue weighted by Gasteiger charge is 2.62. The second-order valence-electron chi connectivity index (χ2n) is 10.0. The molecule has 5 nitrogen and oxygen atoms in total. The summed E-state index contributed by atoms with van der Waals surface area (Å²) in [5, 5.41) is 12.6. The highest BCUT2D eigenvalue weighted by Crippen LogP contribution is 2.63. The number of carboxylic acids is 1. The summed E-state index contributed by atoms with van der Waals surface area (Å²) < 4.78 is 5.74. The lowest BCUT2D eigenvalue weighted by Gasteiger charge is -2.64. The van der Waals surface area contributed by atoms with E-state index in [9.17, 15) is 14.7 Å². The molecule has 1 amide bonds. The Morgan fingerprint density at radius 2 is 1.68 bits per heavy atom. The van der Waals surface area contributed by atoms with Crippen molar-refractivity contribution in [3.05, 3.63) is 59.7 Å². The lowest BCUT2D eigenvalue weighted by molar-refractivity contribution is -0.154. The first-order chi connectivity index (χ1) is 14.8.